The predicted octanol–water partition coefficient (Wildman–Crippen LogP) is 5.24. The molecule has 0 aromatic heterocycles. The number of hydrogen-bond donors (Lipinski definition) is 2. The van der Waals surface area contributed by atoms with Gasteiger partial charge in [0.05, 0.1) is 16.3 Å². The Bertz CT molecular complexity index is 643. The summed E-state index contributed by atoms with van der Waals surface area (Å²) in [5.41, 5.74) is 0.170. The van der Waals surface area contributed by atoms with Crippen LogP contribution >= 0.6 is 11.6 Å². The highest BCUT2D eigenvalue weighted by molar-refractivity contribution is 6.33. The Morgan fingerprint density at radius 2 is 1.86 bits per heavy atom. The fourth-order valence-electron chi connectivity index (χ4n) is 1.92. The number of nitrogens with one attached hydrogen (secondary N) is 1. The van der Waals surface area contributed by atoms with Crippen molar-refractivity contribution < 1.29 is 18.3 Å². The number of phenolic OH excluding ortho intramolecular Hbond substituents is 1. The maximum Gasteiger partial charge on any atom is 0.416 e. The third-order valence-electron chi connectivity index (χ3n) is 3.04. The quantitative estimate of drug-likeness (QED) is 0.812. The molecule has 6 heteroatoms. The molecule has 112 valence electrons. The van der Waals surface area contributed by atoms with Crippen molar-refractivity contribution in [3.05, 3.63) is 58.6 Å². The second-order valence-corrected chi connectivity index (χ2v) is 5.06. The Labute approximate surface area is 125 Å². The molecule has 0 amide bonds. The van der Waals surface area contributed by atoms with E-state index in [9.17, 15) is 18.3 Å². The van der Waals surface area contributed by atoms with Crippen molar-refractivity contribution in [2.24, 2.45) is 0 Å². The number of halogens is 4. The van der Waals surface area contributed by atoms with Gasteiger partial charge in [0.1, 0.15) is 5.75 Å². The van der Waals surface area contributed by atoms with Crippen LogP contribution in [0.2, 0.25) is 5.02 Å². The summed E-state index contributed by atoms with van der Waals surface area (Å²) in [5.74, 6) is 0.0938. The summed E-state index contributed by atoms with van der Waals surface area (Å²) in [4.78, 5) is 0. The summed E-state index contributed by atoms with van der Waals surface area (Å²) in [6.45, 7) is 1.77. The van der Waals surface area contributed by atoms with Crippen molar-refractivity contribution in [3.63, 3.8) is 0 Å². The molecule has 0 heterocycles. The van der Waals surface area contributed by atoms with Gasteiger partial charge >= 0.3 is 6.18 Å². The van der Waals surface area contributed by atoms with Crippen molar-refractivity contribution in [2.45, 2.75) is 19.1 Å². The van der Waals surface area contributed by atoms with Gasteiger partial charge in [0, 0.05) is 6.04 Å². The third kappa shape index (κ3) is 3.82. The van der Waals surface area contributed by atoms with Crippen LogP contribution in [0.1, 0.15) is 24.1 Å². The van der Waals surface area contributed by atoms with Gasteiger partial charge in [-0.1, -0.05) is 23.7 Å². The molecule has 0 saturated carbocycles. The zero-order valence-electron chi connectivity index (χ0n) is 11.1. The standard InChI is InChI=1S/C15H13ClF3NO/c1-9(10-3-2-4-12(21)7-10)20-14-8-11(15(17,18)19)5-6-13(14)16/h2-9,20-21H,1H3. The highest BCUT2D eigenvalue weighted by atomic mass is 35.5. The molecule has 21 heavy (non-hydrogen) atoms. The summed E-state index contributed by atoms with van der Waals surface area (Å²) < 4.78 is 38.1. The van der Waals surface area contributed by atoms with E-state index in [1.165, 1.54) is 12.1 Å². The van der Waals surface area contributed by atoms with Gasteiger partial charge in [0.25, 0.3) is 0 Å². The minimum atomic E-state index is -4.42. The lowest BCUT2D eigenvalue weighted by Gasteiger charge is -2.18. The average molecular weight is 316 g/mol. The van der Waals surface area contributed by atoms with Crippen molar-refractivity contribution in [3.8, 4) is 5.75 Å². The third-order valence-corrected chi connectivity index (χ3v) is 3.37. The highest BCUT2D eigenvalue weighted by Gasteiger charge is 2.31. The van der Waals surface area contributed by atoms with Gasteiger partial charge in [-0.3, -0.25) is 0 Å². The minimum absolute atomic E-state index is 0.0938. The lowest BCUT2D eigenvalue weighted by molar-refractivity contribution is -0.137. The first-order chi connectivity index (χ1) is 9.77. The molecule has 0 saturated heterocycles. The van der Waals surface area contributed by atoms with Crippen LogP contribution in [-0.2, 0) is 6.18 Å². The van der Waals surface area contributed by atoms with E-state index in [0.717, 1.165) is 17.7 Å². The molecule has 1 atom stereocenters. The number of alkyl halides is 3. The van der Waals surface area contributed by atoms with Gasteiger partial charge in [-0.25, -0.2) is 0 Å². The van der Waals surface area contributed by atoms with E-state index in [0.29, 0.717) is 0 Å². The molecule has 1 unspecified atom stereocenters. The van der Waals surface area contributed by atoms with E-state index in [2.05, 4.69) is 5.32 Å². The number of aromatic hydroxyl groups is 1. The molecule has 2 aromatic carbocycles. The summed E-state index contributed by atoms with van der Waals surface area (Å²) in [5, 5.41) is 12.6. The van der Waals surface area contributed by atoms with E-state index < -0.39 is 11.7 Å². The van der Waals surface area contributed by atoms with Crippen molar-refractivity contribution in [1.29, 1.82) is 0 Å². The Hall–Kier alpha value is -1.88. The Morgan fingerprint density at radius 1 is 1.14 bits per heavy atom. The molecular formula is C15H13ClF3NO. The number of anilines is 1. The van der Waals surface area contributed by atoms with E-state index in [1.54, 1.807) is 25.1 Å². The van der Waals surface area contributed by atoms with Gasteiger partial charge in [0.2, 0.25) is 0 Å². The van der Waals surface area contributed by atoms with E-state index in [-0.39, 0.29) is 22.5 Å². The van der Waals surface area contributed by atoms with Crippen molar-refractivity contribution in [1.82, 2.24) is 0 Å². The molecule has 0 spiro atoms. The van der Waals surface area contributed by atoms with Gasteiger partial charge < -0.3 is 10.4 Å². The Kier molecular flexibility index (Phi) is 4.32. The molecule has 2 aromatic rings. The second-order valence-electron chi connectivity index (χ2n) is 4.65. The van der Waals surface area contributed by atoms with Crippen LogP contribution in [0.4, 0.5) is 18.9 Å². The van der Waals surface area contributed by atoms with Crippen molar-refractivity contribution >= 4 is 17.3 Å². The van der Waals surface area contributed by atoms with Crippen LogP contribution in [-0.4, -0.2) is 5.11 Å². The molecule has 2 nitrogen and oxygen atoms in total. The summed E-state index contributed by atoms with van der Waals surface area (Å²) in [6.07, 6.45) is -4.42. The average Bonchev–Trinajstić information content (AvgIpc) is 2.40. The Balaban J connectivity index is 2.26. The minimum Gasteiger partial charge on any atom is -0.508 e. The molecule has 0 radical (unpaired) electrons. The second kappa shape index (κ2) is 5.85. The predicted molar refractivity (Wildman–Crippen MR) is 76.6 cm³/mol. The summed E-state index contributed by atoms with van der Waals surface area (Å²) >= 11 is 5.93. The molecule has 0 bridgehead atoms. The monoisotopic (exact) mass is 315 g/mol. The van der Waals surface area contributed by atoms with E-state index in [4.69, 9.17) is 11.6 Å². The van der Waals surface area contributed by atoms with Gasteiger partial charge in [-0.15, -0.1) is 0 Å². The normalized spacial score (nSPS) is 13.0. The zero-order chi connectivity index (χ0) is 15.6. The topological polar surface area (TPSA) is 32.3 Å². The van der Waals surface area contributed by atoms with E-state index in [1.807, 2.05) is 0 Å². The zero-order valence-corrected chi connectivity index (χ0v) is 11.8. The van der Waals surface area contributed by atoms with Crippen LogP contribution in [0.15, 0.2) is 42.5 Å². The van der Waals surface area contributed by atoms with Crippen LogP contribution < -0.4 is 5.32 Å². The summed E-state index contributed by atoms with van der Waals surface area (Å²) in [6, 6.07) is 9.30. The van der Waals surface area contributed by atoms with Crippen LogP contribution in [0.5, 0.6) is 5.75 Å². The molecule has 0 aliphatic heterocycles. The first-order valence-corrected chi connectivity index (χ1v) is 6.57. The molecule has 0 aliphatic rings. The highest BCUT2D eigenvalue weighted by Crippen LogP contribution is 2.35. The first-order valence-electron chi connectivity index (χ1n) is 6.19. The largest absolute Gasteiger partial charge is 0.508 e. The first kappa shape index (κ1) is 15.5. The maximum absolute atomic E-state index is 12.7. The SMILES string of the molecule is CC(Nc1cc(C(F)(F)F)ccc1Cl)c1cccc(O)c1. The van der Waals surface area contributed by atoms with Gasteiger partial charge in [-0.2, -0.15) is 13.2 Å². The fourth-order valence-corrected chi connectivity index (χ4v) is 2.10. The molecule has 0 aliphatic carbocycles. The van der Waals surface area contributed by atoms with Gasteiger partial charge in [0.15, 0.2) is 0 Å². The molecule has 2 rings (SSSR count). The molecular weight excluding hydrogens is 303 g/mol. The van der Waals surface area contributed by atoms with Gasteiger partial charge in [-0.05, 0) is 42.8 Å². The lowest BCUT2D eigenvalue weighted by Crippen LogP contribution is -2.09. The number of phenols is 1. The smallest absolute Gasteiger partial charge is 0.416 e. The number of benzene rings is 2. The fraction of sp³-hybridized carbons (Fsp3) is 0.200. The summed E-state index contributed by atoms with van der Waals surface area (Å²) in [7, 11) is 0. The van der Waals surface area contributed by atoms with Crippen LogP contribution in [0.3, 0.4) is 0 Å². The number of hydrogen-bond acceptors (Lipinski definition) is 2. The lowest BCUT2D eigenvalue weighted by atomic mass is 10.1. The van der Waals surface area contributed by atoms with Crippen LogP contribution in [0.25, 0.3) is 0 Å². The number of rotatable bonds is 3. The van der Waals surface area contributed by atoms with E-state index >= 15 is 0 Å². The maximum atomic E-state index is 12.7. The van der Waals surface area contributed by atoms with Crippen molar-refractivity contribution in [2.75, 3.05) is 5.32 Å². The molecule has 0 fully saturated rings. The van der Waals surface area contributed by atoms with Crippen LogP contribution in [0, 0.1) is 0 Å². The Morgan fingerprint density at radius 3 is 2.48 bits per heavy atom. The molecule has 2 N–H and O–H groups in total.